The van der Waals surface area contributed by atoms with Crippen molar-refractivity contribution in [2.45, 2.75) is 62.7 Å². The first kappa shape index (κ1) is 18.9. The second kappa shape index (κ2) is 6.84. The predicted octanol–water partition coefficient (Wildman–Crippen LogP) is 1.17. The van der Waals surface area contributed by atoms with E-state index in [1.807, 2.05) is 30.3 Å². The van der Waals surface area contributed by atoms with Crippen molar-refractivity contribution in [1.29, 1.82) is 0 Å². The number of aliphatic hydroxyl groups is 3. The van der Waals surface area contributed by atoms with Crippen LogP contribution in [-0.4, -0.2) is 64.5 Å². The van der Waals surface area contributed by atoms with E-state index < -0.39 is 36.0 Å². The maximum atomic E-state index is 11.9. The Kier molecular flexibility index (Phi) is 4.78. The highest BCUT2D eigenvalue weighted by atomic mass is 16.8. The Bertz CT molecular complexity index is 716. The summed E-state index contributed by atoms with van der Waals surface area (Å²) < 4.78 is 23.8. The van der Waals surface area contributed by atoms with Crippen molar-refractivity contribution in [1.82, 2.24) is 0 Å². The first-order valence-corrected chi connectivity index (χ1v) is 9.31. The van der Waals surface area contributed by atoms with Crippen molar-refractivity contribution in [3.05, 3.63) is 41.5 Å². The molecule has 3 N–H and O–H groups in total. The third kappa shape index (κ3) is 2.99. The highest BCUT2D eigenvalue weighted by Crippen LogP contribution is 2.52. The van der Waals surface area contributed by atoms with Gasteiger partial charge in [-0.3, -0.25) is 0 Å². The first-order chi connectivity index (χ1) is 12.9. The van der Waals surface area contributed by atoms with Gasteiger partial charge in [0.1, 0.15) is 18.0 Å². The van der Waals surface area contributed by atoms with Gasteiger partial charge in [0.15, 0.2) is 23.8 Å². The fourth-order valence-electron chi connectivity index (χ4n) is 4.25. The zero-order valence-electron chi connectivity index (χ0n) is 15.5. The molecule has 2 fully saturated rings. The highest BCUT2D eigenvalue weighted by molar-refractivity contribution is 5.67. The molecule has 3 aliphatic rings. The molecule has 0 saturated carbocycles. The van der Waals surface area contributed by atoms with Gasteiger partial charge in [-0.15, -0.1) is 0 Å². The molecule has 2 saturated heterocycles. The topological polar surface area (TPSA) is 97.6 Å². The summed E-state index contributed by atoms with van der Waals surface area (Å²) in [5.41, 5.74) is -0.131. The summed E-state index contributed by atoms with van der Waals surface area (Å²) in [6, 6.07) is 9.43. The van der Waals surface area contributed by atoms with Gasteiger partial charge in [-0.1, -0.05) is 30.3 Å². The van der Waals surface area contributed by atoms with E-state index >= 15 is 0 Å². The minimum absolute atomic E-state index is 0.0203. The Morgan fingerprint density at radius 2 is 1.78 bits per heavy atom. The molecule has 0 unspecified atom stereocenters. The second-order valence-corrected chi connectivity index (χ2v) is 7.65. The largest absolute Gasteiger partial charge is 0.484 e. The number of aliphatic hydroxyl groups excluding tert-OH is 2. The second-order valence-electron chi connectivity index (χ2n) is 7.65. The molecule has 0 aliphatic carbocycles. The van der Waals surface area contributed by atoms with Crippen LogP contribution < -0.4 is 0 Å². The molecule has 148 valence electrons. The summed E-state index contributed by atoms with van der Waals surface area (Å²) in [7, 11) is 0. The lowest BCUT2D eigenvalue weighted by Gasteiger charge is -2.43. The summed E-state index contributed by atoms with van der Waals surface area (Å²) >= 11 is 0. The van der Waals surface area contributed by atoms with Crippen LogP contribution in [-0.2, 0) is 18.9 Å². The van der Waals surface area contributed by atoms with Gasteiger partial charge in [0.2, 0.25) is 0 Å². The predicted molar refractivity (Wildman–Crippen MR) is 95.3 cm³/mol. The normalized spacial score (nSPS) is 37.1. The molecule has 0 amide bonds. The lowest BCUT2D eigenvalue weighted by molar-refractivity contribution is -0.241. The van der Waals surface area contributed by atoms with Crippen LogP contribution in [0, 0.1) is 0 Å². The van der Waals surface area contributed by atoms with Gasteiger partial charge in [-0.05, 0) is 26.7 Å². The molecule has 3 heterocycles. The molecule has 0 spiro atoms. The molecule has 7 heteroatoms. The van der Waals surface area contributed by atoms with E-state index in [0.717, 1.165) is 5.56 Å². The highest BCUT2D eigenvalue weighted by Gasteiger charge is 2.68. The van der Waals surface area contributed by atoms with Crippen molar-refractivity contribution in [2.24, 2.45) is 0 Å². The Labute approximate surface area is 158 Å². The minimum atomic E-state index is -1.52. The zero-order valence-corrected chi connectivity index (χ0v) is 15.5. The molecule has 0 bridgehead atoms. The number of rotatable bonds is 5. The molecule has 4 rings (SSSR count). The standard InChI is InChI=1S/C20H26O7/c1-19(2)26-17-18(27-19)25-16-14(11-22)24-15(12-7-4-3-5-8-12)13(9-6-10-21)20(16,17)23/h3-5,7-8,14,16-18,21-23H,6,9-11H2,1-2H3/t14-,16-,17+,18-,20-/m1/s1. The summed E-state index contributed by atoms with van der Waals surface area (Å²) in [6.45, 7) is 3.20. The van der Waals surface area contributed by atoms with Crippen molar-refractivity contribution >= 4 is 5.76 Å². The SMILES string of the molecule is CC1(C)O[C@H]2O[C@@H]3[C@@H](CO)OC(c4ccccc4)=C(CCCO)[C@]3(O)[C@H]2O1. The molecule has 27 heavy (non-hydrogen) atoms. The summed E-state index contributed by atoms with van der Waals surface area (Å²) in [5.74, 6) is -0.391. The van der Waals surface area contributed by atoms with E-state index in [0.29, 0.717) is 24.2 Å². The van der Waals surface area contributed by atoms with Crippen LogP contribution in [0.5, 0.6) is 0 Å². The molecule has 0 aromatic heterocycles. The number of hydrogen-bond acceptors (Lipinski definition) is 7. The maximum absolute atomic E-state index is 11.9. The molecule has 0 radical (unpaired) electrons. The summed E-state index contributed by atoms with van der Waals surface area (Å²) in [5, 5.41) is 31.1. The maximum Gasteiger partial charge on any atom is 0.191 e. The lowest BCUT2D eigenvalue weighted by Crippen LogP contribution is -2.58. The van der Waals surface area contributed by atoms with E-state index in [2.05, 4.69) is 0 Å². The minimum Gasteiger partial charge on any atom is -0.484 e. The van der Waals surface area contributed by atoms with Crippen molar-refractivity contribution < 1.29 is 34.3 Å². The van der Waals surface area contributed by atoms with Gasteiger partial charge in [-0.2, -0.15) is 0 Å². The molecule has 5 atom stereocenters. The van der Waals surface area contributed by atoms with Crippen LogP contribution in [0.15, 0.2) is 35.9 Å². The van der Waals surface area contributed by atoms with E-state index in [4.69, 9.17) is 18.9 Å². The molecule has 1 aromatic carbocycles. The Hall–Kier alpha value is -1.48. The Morgan fingerprint density at radius 3 is 2.44 bits per heavy atom. The van der Waals surface area contributed by atoms with Gasteiger partial charge in [-0.25, -0.2) is 0 Å². The summed E-state index contributed by atoms with van der Waals surface area (Å²) in [4.78, 5) is 0. The van der Waals surface area contributed by atoms with Crippen LogP contribution in [0.25, 0.3) is 5.76 Å². The monoisotopic (exact) mass is 378 g/mol. The van der Waals surface area contributed by atoms with Crippen molar-refractivity contribution in [3.8, 4) is 0 Å². The number of fused-ring (bicyclic) bond motifs is 3. The quantitative estimate of drug-likeness (QED) is 0.708. The third-order valence-electron chi connectivity index (χ3n) is 5.37. The molecule has 1 aromatic rings. The Balaban J connectivity index is 1.85. The van der Waals surface area contributed by atoms with Gasteiger partial charge < -0.3 is 34.3 Å². The molecule has 7 nitrogen and oxygen atoms in total. The zero-order chi connectivity index (χ0) is 19.2. The van der Waals surface area contributed by atoms with Crippen LogP contribution >= 0.6 is 0 Å². The fraction of sp³-hybridized carbons (Fsp3) is 0.600. The first-order valence-electron chi connectivity index (χ1n) is 9.31. The smallest absolute Gasteiger partial charge is 0.191 e. The van der Waals surface area contributed by atoms with Gasteiger partial charge in [0.05, 0.1) is 6.61 Å². The van der Waals surface area contributed by atoms with Gasteiger partial charge in [0, 0.05) is 17.7 Å². The van der Waals surface area contributed by atoms with E-state index in [1.165, 1.54) is 0 Å². The van der Waals surface area contributed by atoms with Crippen LogP contribution in [0.4, 0.5) is 0 Å². The van der Waals surface area contributed by atoms with Crippen LogP contribution in [0.1, 0.15) is 32.3 Å². The Morgan fingerprint density at radius 1 is 1.04 bits per heavy atom. The van der Waals surface area contributed by atoms with Crippen LogP contribution in [0.3, 0.4) is 0 Å². The average molecular weight is 378 g/mol. The number of ether oxygens (including phenoxy) is 4. The number of benzene rings is 1. The van der Waals surface area contributed by atoms with Crippen LogP contribution in [0.2, 0.25) is 0 Å². The summed E-state index contributed by atoms with van der Waals surface area (Å²) in [6.07, 6.45) is -2.23. The molecular formula is C20H26O7. The molecular weight excluding hydrogens is 352 g/mol. The fourth-order valence-corrected chi connectivity index (χ4v) is 4.25. The van der Waals surface area contributed by atoms with Crippen molar-refractivity contribution in [2.75, 3.05) is 13.2 Å². The van der Waals surface area contributed by atoms with Crippen molar-refractivity contribution in [3.63, 3.8) is 0 Å². The van der Waals surface area contributed by atoms with E-state index in [-0.39, 0.29) is 13.2 Å². The molecule has 3 aliphatic heterocycles. The van der Waals surface area contributed by atoms with E-state index in [1.54, 1.807) is 13.8 Å². The van der Waals surface area contributed by atoms with Gasteiger partial charge in [0.25, 0.3) is 0 Å². The average Bonchev–Trinajstić information content (AvgIpc) is 3.10. The van der Waals surface area contributed by atoms with E-state index in [9.17, 15) is 15.3 Å². The van der Waals surface area contributed by atoms with Gasteiger partial charge >= 0.3 is 0 Å². The number of hydrogen-bond donors (Lipinski definition) is 3. The lowest BCUT2D eigenvalue weighted by atomic mass is 9.77. The third-order valence-corrected chi connectivity index (χ3v) is 5.37.